The predicted molar refractivity (Wildman–Crippen MR) is 137 cm³/mol. The molecule has 3 aromatic rings. The van der Waals surface area contributed by atoms with Crippen molar-refractivity contribution < 1.29 is 4.74 Å². The third kappa shape index (κ3) is 5.97. The second-order valence-electron chi connectivity index (χ2n) is 8.06. The van der Waals surface area contributed by atoms with E-state index in [0.717, 1.165) is 16.9 Å². The van der Waals surface area contributed by atoms with E-state index in [0.29, 0.717) is 28.0 Å². The fraction of sp³-hybridized carbons (Fsp3) is 0.320. The van der Waals surface area contributed by atoms with Crippen molar-refractivity contribution >= 4 is 35.1 Å². The molecule has 174 valence electrons. The van der Waals surface area contributed by atoms with Crippen LogP contribution in [0.25, 0.3) is 6.08 Å². The predicted octanol–water partition coefficient (Wildman–Crippen LogP) is 5.71. The van der Waals surface area contributed by atoms with Gasteiger partial charge in [-0.1, -0.05) is 48.2 Å². The summed E-state index contributed by atoms with van der Waals surface area (Å²) >= 11 is 7.46. The van der Waals surface area contributed by atoms with Gasteiger partial charge in [0.05, 0.1) is 18.3 Å². The maximum Gasteiger partial charge on any atom is 0.333 e. The van der Waals surface area contributed by atoms with E-state index in [2.05, 4.69) is 6.58 Å². The van der Waals surface area contributed by atoms with Crippen LogP contribution in [-0.4, -0.2) is 26.5 Å². The first kappa shape index (κ1) is 24.9. The highest BCUT2D eigenvalue weighted by atomic mass is 35.5. The van der Waals surface area contributed by atoms with E-state index in [9.17, 15) is 4.79 Å². The molecule has 0 N–H and O–H groups in total. The zero-order valence-corrected chi connectivity index (χ0v) is 21.2. The summed E-state index contributed by atoms with van der Waals surface area (Å²) in [7, 11) is 0. The van der Waals surface area contributed by atoms with Crippen LogP contribution in [0.15, 0.2) is 64.0 Å². The molecule has 0 radical (unpaired) electrons. The molecule has 1 aromatic heterocycles. The van der Waals surface area contributed by atoms with Gasteiger partial charge >= 0.3 is 5.69 Å². The molecular formula is C25H29ClN4O2S. The van der Waals surface area contributed by atoms with E-state index in [1.54, 1.807) is 15.2 Å². The highest BCUT2D eigenvalue weighted by Gasteiger charge is 2.15. The Kier molecular flexibility index (Phi) is 8.21. The van der Waals surface area contributed by atoms with Gasteiger partial charge < -0.3 is 4.74 Å². The molecule has 0 bridgehead atoms. The Balaban J connectivity index is 2.22. The van der Waals surface area contributed by atoms with E-state index >= 15 is 0 Å². The summed E-state index contributed by atoms with van der Waals surface area (Å²) in [6.45, 7) is 12.1. The van der Waals surface area contributed by atoms with Crippen molar-refractivity contribution in [2.75, 3.05) is 6.26 Å². The lowest BCUT2D eigenvalue weighted by atomic mass is 10.1. The first-order valence-corrected chi connectivity index (χ1v) is 12.3. The van der Waals surface area contributed by atoms with Crippen LogP contribution in [0.1, 0.15) is 44.9 Å². The molecule has 6 nitrogen and oxygen atoms in total. The number of halogens is 1. The van der Waals surface area contributed by atoms with Crippen molar-refractivity contribution in [3.8, 4) is 5.75 Å². The number of benzene rings is 2. The van der Waals surface area contributed by atoms with E-state index in [1.165, 1.54) is 11.8 Å². The molecule has 0 atom stereocenters. The smallest absolute Gasteiger partial charge is 0.333 e. The van der Waals surface area contributed by atoms with Gasteiger partial charge in [0, 0.05) is 16.6 Å². The molecule has 0 fully saturated rings. The van der Waals surface area contributed by atoms with E-state index in [1.807, 2.05) is 76.4 Å². The minimum absolute atomic E-state index is 0.0437. The fourth-order valence-corrected chi connectivity index (χ4v) is 4.11. The van der Waals surface area contributed by atoms with Crippen LogP contribution in [0, 0.1) is 0 Å². The number of hydrogen-bond donors (Lipinski definition) is 0. The monoisotopic (exact) mass is 484 g/mol. The molecule has 0 spiro atoms. The standard InChI is InChI=1S/C25H29ClN4O2S/c1-7-19-14-21(12-13-22(19)32-17(4)5)27-23-28-24(33-6)30(16(2)3)25(31)29(23)15-18-8-10-20(26)11-9-18/h7-14,16-17H,1,15H2,2-6H3. The summed E-state index contributed by atoms with van der Waals surface area (Å²) in [6, 6.07) is 13.0. The number of hydrogen-bond acceptors (Lipinski definition) is 5. The second kappa shape index (κ2) is 10.9. The normalized spacial score (nSPS) is 11.9. The molecule has 0 saturated carbocycles. The topological polar surface area (TPSA) is 61.4 Å². The van der Waals surface area contributed by atoms with Crippen LogP contribution in [0.5, 0.6) is 5.75 Å². The van der Waals surface area contributed by atoms with Gasteiger partial charge in [0.1, 0.15) is 5.75 Å². The van der Waals surface area contributed by atoms with Gasteiger partial charge in [-0.25, -0.2) is 9.79 Å². The summed E-state index contributed by atoms with van der Waals surface area (Å²) < 4.78 is 9.13. The Morgan fingerprint density at radius 1 is 1.18 bits per heavy atom. The van der Waals surface area contributed by atoms with Gasteiger partial charge in [0.2, 0.25) is 5.62 Å². The summed E-state index contributed by atoms with van der Waals surface area (Å²) in [5.74, 6) is 0.737. The SMILES string of the molecule is C=Cc1cc(N=c2nc(SC)n(C(C)C)c(=O)n2Cc2ccc(Cl)cc2)ccc1OC(C)C. The highest BCUT2D eigenvalue weighted by Crippen LogP contribution is 2.26. The molecule has 8 heteroatoms. The maximum absolute atomic E-state index is 13.5. The van der Waals surface area contributed by atoms with Crippen LogP contribution >= 0.6 is 23.4 Å². The van der Waals surface area contributed by atoms with Crippen molar-refractivity contribution in [3.05, 3.63) is 81.3 Å². The average molecular weight is 485 g/mol. The van der Waals surface area contributed by atoms with Gasteiger partial charge in [-0.3, -0.25) is 9.13 Å². The Labute approximate surface area is 203 Å². The van der Waals surface area contributed by atoms with Gasteiger partial charge in [0.15, 0.2) is 5.16 Å². The van der Waals surface area contributed by atoms with E-state index in [-0.39, 0.29) is 17.8 Å². The lowest BCUT2D eigenvalue weighted by molar-refractivity contribution is 0.242. The summed E-state index contributed by atoms with van der Waals surface area (Å²) in [6.07, 6.45) is 3.68. The maximum atomic E-state index is 13.5. The van der Waals surface area contributed by atoms with Crippen LogP contribution in [0.2, 0.25) is 5.02 Å². The van der Waals surface area contributed by atoms with Gasteiger partial charge in [0.25, 0.3) is 0 Å². The molecule has 1 heterocycles. The van der Waals surface area contributed by atoms with Crippen LogP contribution in [0.3, 0.4) is 0 Å². The van der Waals surface area contributed by atoms with Crippen molar-refractivity contribution in [2.45, 2.75) is 51.5 Å². The summed E-state index contributed by atoms with van der Waals surface area (Å²) in [5, 5.41) is 1.26. The zero-order chi connectivity index (χ0) is 24.1. The van der Waals surface area contributed by atoms with Crippen LogP contribution in [-0.2, 0) is 6.54 Å². The van der Waals surface area contributed by atoms with Crippen LogP contribution in [0.4, 0.5) is 5.69 Å². The Bertz CT molecular complexity index is 1260. The molecule has 0 aliphatic carbocycles. The van der Waals surface area contributed by atoms with Crippen molar-refractivity contribution in [3.63, 3.8) is 0 Å². The molecule has 0 aliphatic rings. The average Bonchev–Trinajstić information content (AvgIpc) is 2.77. The molecule has 33 heavy (non-hydrogen) atoms. The molecule has 3 rings (SSSR count). The first-order chi connectivity index (χ1) is 15.7. The largest absolute Gasteiger partial charge is 0.490 e. The summed E-state index contributed by atoms with van der Waals surface area (Å²) in [5.41, 5.74) is 2.59. The Hall–Kier alpha value is -2.77. The number of rotatable bonds is 8. The third-order valence-electron chi connectivity index (χ3n) is 4.84. The minimum atomic E-state index is -0.165. The molecule has 2 aromatic carbocycles. The summed E-state index contributed by atoms with van der Waals surface area (Å²) in [4.78, 5) is 23.0. The number of ether oxygens (including phenoxy) is 1. The highest BCUT2D eigenvalue weighted by molar-refractivity contribution is 7.98. The fourth-order valence-electron chi connectivity index (χ4n) is 3.32. The molecule has 0 amide bonds. The zero-order valence-electron chi connectivity index (χ0n) is 19.6. The van der Waals surface area contributed by atoms with Crippen molar-refractivity contribution in [1.29, 1.82) is 0 Å². The lowest BCUT2D eigenvalue weighted by Gasteiger charge is -2.17. The first-order valence-electron chi connectivity index (χ1n) is 10.7. The number of nitrogens with zero attached hydrogens (tertiary/aromatic N) is 4. The molecule has 0 saturated heterocycles. The Morgan fingerprint density at radius 3 is 2.45 bits per heavy atom. The molecule has 0 unspecified atom stereocenters. The van der Waals surface area contributed by atoms with Crippen LogP contribution < -0.4 is 16.0 Å². The van der Waals surface area contributed by atoms with Gasteiger partial charge in [-0.05, 0) is 69.8 Å². The van der Waals surface area contributed by atoms with Crippen molar-refractivity contribution in [2.24, 2.45) is 4.99 Å². The third-order valence-corrected chi connectivity index (χ3v) is 5.74. The molecular weight excluding hydrogens is 456 g/mol. The van der Waals surface area contributed by atoms with E-state index < -0.39 is 0 Å². The Morgan fingerprint density at radius 2 is 1.88 bits per heavy atom. The molecule has 0 aliphatic heterocycles. The lowest BCUT2D eigenvalue weighted by Crippen LogP contribution is -2.43. The second-order valence-corrected chi connectivity index (χ2v) is 9.27. The number of thioether (sulfide) groups is 1. The number of aromatic nitrogens is 3. The van der Waals surface area contributed by atoms with Gasteiger partial charge in [-0.2, -0.15) is 4.98 Å². The van der Waals surface area contributed by atoms with Gasteiger partial charge in [-0.15, -0.1) is 0 Å². The van der Waals surface area contributed by atoms with Crippen molar-refractivity contribution in [1.82, 2.24) is 14.1 Å². The quantitative estimate of drug-likeness (QED) is 0.384. The minimum Gasteiger partial charge on any atom is -0.490 e. The van der Waals surface area contributed by atoms with E-state index in [4.69, 9.17) is 26.3 Å².